The van der Waals surface area contributed by atoms with Gasteiger partial charge in [0.2, 0.25) is 21.8 Å². The lowest BCUT2D eigenvalue weighted by Gasteiger charge is -2.33. The van der Waals surface area contributed by atoms with Crippen LogP contribution in [0.3, 0.4) is 0 Å². The number of halogens is 4. The number of hydrogen-bond donors (Lipinski definition) is 1. The SMILES string of the molecule is CC(C(=O)NC1CCCCC1)N(Cc1ccccc1)C(=O)CN(c1ccc(Cl)c(C(F)(F)F)c1)S(C)(=O)=O. The monoisotopic (exact) mass is 573 g/mol. The van der Waals surface area contributed by atoms with Crippen molar-refractivity contribution in [3.63, 3.8) is 0 Å². The molecule has 12 heteroatoms. The van der Waals surface area contributed by atoms with Crippen LogP contribution >= 0.6 is 11.6 Å². The molecule has 1 atom stereocenters. The molecule has 38 heavy (non-hydrogen) atoms. The molecule has 0 bridgehead atoms. The van der Waals surface area contributed by atoms with Crippen LogP contribution in [-0.4, -0.2) is 50.0 Å². The van der Waals surface area contributed by atoms with E-state index in [2.05, 4.69) is 5.32 Å². The third-order valence-corrected chi connectivity index (χ3v) is 8.01. The summed E-state index contributed by atoms with van der Waals surface area (Å²) in [6.07, 6.45) is 0.736. The van der Waals surface area contributed by atoms with Crippen LogP contribution in [0.25, 0.3) is 0 Å². The van der Waals surface area contributed by atoms with E-state index in [0.29, 0.717) is 15.9 Å². The number of carbonyl (C=O) groups is 2. The molecule has 3 rings (SSSR count). The highest BCUT2D eigenvalue weighted by Gasteiger charge is 2.36. The van der Waals surface area contributed by atoms with E-state index in [9.17, 15) is 31.2 Å². The number of sulfonamides is 1. The molecule has 2 aromatic rings. The van der Waals surface area contributed by atoms with E-state index < -0.39 is 45.3 Å². The minimum Gasteiger partial charge on any atom is -0.352 e. The van der Waals surface area contributed by atoms with E-state index in [4.69, 9.17) is 11.6 Å². The first-order valence-corrected chi connectivity index (χ1v) is 14.5. The molecular weight excluding hydrogens is 543 g/mol. The second-order valence-corrected chi connectivity index (χ2v) is 11.8. The average Bonchev–Trinajstić information content (AvgIpc) is 2.85. The van der Waals surface area contributed by atoms with Crippen LogP contribution in [0, 0.1) is 0 Å². The number of nitrogens with one attached hydrogen (secondary N) is 1. The van der Waals surface area contributed by atoms with Gasteiger partial charge in [-0.15, -0.1) is 0 Å². The predicted molar refractivity (Wildman–Crippen MR) is 140 cm³/mol. The molecule has 0 radical (unpaired) electrons. The number of rotatable bonds is 9. The Balaban J connectivity index is 1.91. The fraction of sp³-hybridized carbons (Fsp3) is 0.462. The van der Waals surface area contributed by atoms with Crippen molar-refractivity contribution in [3.8, 4) is 0 Å². The summed E-state index contributed by atoms with van der Waals surface area (Å²) >= 11 is 5.70. The van der Waals surface area contributed by atoms with Crippen molar-refractivity contribution in [1.82, 2.24) is 10.2 Å². The number of nitrogens with zero attached hydrogens (tertiary/aromatic N) is 2. The molecule has 1 N–H and O–H groups in total. The maximum Gasteiger partial charge on any atom is 0.417 e. The van der Waals surface area contributed by atoms with Gasteiger partial charge >= 0.3 is 6.18 Å². The maximum atomic E-state index is 13.6. The van der Waals surface area contributed by atoms with Crippen molar-refractivity contribution >= 4 is 39.1 Å². The normalized spacial score (nSPS) is 15.5. The van der Waals surface area contributed by atoms with Crippen LogP contribution in [0.2, 0.25) is 5.02 Å². The molecule has 0 aliphatic heterocycles. The Morgan fingerprint density at radius 3 is 2.29 bits per heavy atom. The fourth-order valence-corrected chi connectivity index (χ4v) is 5.50. The molecule has 1 aliphatic rings. The molecule has 0 spiro atoms. The van der Waals surface area contributed by atoms with Gasteiger partial charge in [-0.25, -0.2) is 8.42 Å². The number of carbonyl (C=O) groups excluding carboxylic acids is 2. The van der Waals surface area contributed by atoms with Crippen LogP contribution < -0.4 is 9.62 Å². The zero-order valence-corrected chi connectivity index (χ0v) is 22.7. The molecule has 2 aromatic carbocycles. The highest BCUT2D eigenvalue weighted by Crippen LogP contribution is 2.37. The van der Waals surface area contributed by atoms with Gasteiger partial charge < -0.3 is 10.2 Å². The van der Waals surface area contributed by atoms with Crippen molar-refractivity contribution in [3.05, 3.63) is 64.7 Å². The number of alkyl halides is 3. The fourth-order valence-electron chi connectivity index (χ4n) is 4.43. The van der Waals surface area contributed by atoms with Crippen molar-refractivity contribution in [1.29, 1.82) is 0 Å². The van der Waals surface area contributed by atoms with Crippen LogP contribution in [0.1, 0.15) is 50.2 Å². The first-order chi connectivity index (χ1) is 17.8. The van der Waals surface area contributed by atoms with Gasteiger partial charge in [0, 0.05) is 12.6 Å². The minimum absolute atomic E-state index is 0.00486. The molecule has 0 saturated heterocycles. The molecule has 1 fully saturated rings. The lowest BCUT2D eigenvalue weighted by atomic mass is 9.95. The molecular formula is C26H31ClF3N3O4S. The Kier molecular flexibility index (Phi) is 9.69. The highest BCUT2D eigenvalue weighted by atomic mass is 35.5. The van der Waals surface area contributed by atoms with Gasteiger partial charge in [-0.3, -0.25) is 13.9 Å². The number of benzene rings is 2. The van der Waals surface area contributed by atoms with E-state index in [1.807, 2.05) is 0 Å². The highest BCUT2D eigenvalue weighted by molar-refractivity contribution is 7.92. The largest absolute Gasteiger partial charge is 0.417 e. The second-order valence-electron chi connectivity index (χ2n) is 9.46. The summed E-state index contributed by atoms with van der Waals surface area (Å²) in [5.74, 6) is -1.12. The van der Waals surface area contributed by atoms with Crippen LogP contribution in [0.4, 0.5) is 18.9 Å². The molecule has 7 nitrogen and oxygen atoms in total. The van der Waals surface area contributed by atoms with E-state index in [0.717, 1.165) is 50.5 Å². The third kappa shape index (κ3) is 7.86. The number of anilines is 1. The van der Waals surface area contributed by atoms with Crippen molar-refractivity contribution in [2.24, 2.45) is 0 Å². The summed E-state index contributed by atoms with van der Waals surface area (Å²) in [5.41, 5.74) is -0.884. The summed E-state index contributed by atoms with van der Waals surface area (Å²) in [6.45, 7) is 0.754. The topological polar surface area (TPSA) is 86.8 Å². The van der Waals surface area contributed by atoms with Gasteiger partial charge in [-0.05, 0) is 43.5 Å². The Hall–Kier alpha value is -2.79. The summed E-state index contributed by atoms with van der Waals surface area (Å²) in [6, 6.07) is 10.5. The minimum atomic E-state index is -4.83. The van der Waals surface area contributed by atoms with Gasteiger partial charge in [0.05, 0.1) is 22.5 Å². The summed E-state index contributed by atoms with van der Waals surface area (Å²) in [5, 5.41) is 2.38. The van der Waals surface area contributed by atoms with Gasteiger partial charge in [-0.2, -0.15) is 13.2 Å². The summed E-state index contributed by atoms with van der Waals surface area (Å²) in [4.78, 5) is 27.9. The van der Waals surface area contributed by atoms with Gasteiger partial charge in [-0.1, -0.05) is 61.2 Å². The zero-order valence-electron chi connectivity index (χ0n) is 21.2. The standard InChI is InChI=1S/C26H31ClF3N3O4S/c1-18(25(35)31-20-11-7-4-8-12-20)32(16-19-9-5-3-6-10-19)24(34)17-33(38(2,36)37)21-13-14-23(27)22(15-21)26(28,29)30/h3,5-6,9-10,13-15,18,20H,4,7-8,11-12,16-17H2,1-2H3,(H,31,35). The van der Waals surface area contributed by atoms with Crippen molar-refractivity contribution < 1.29 is 31.2 Å². The summed E-state index contributed by atoms with van der Waals surface area (Å²) < 4.78 is 66.1. The quantitative estimate of drug-likeness (QED) is 0.458. The van der Waals surface area contributed by atoms with Gasteiger partial charge in [0.1, 0.15) is 12.6 Å². The van der Waals surface area contributed by atoms with E-state index >= 15 is 0 Å². The lowest BCUT2D eigenvalue weighted by Crippen LogP contribution is -2.53. The van der Waals surface area contributed by atoms with Crippen molar-refractivity contribution in [2.45, 2.75) is 63.8 Å². The van der Waals surface area contributed by atoms with Crippen LogP contribution in [0.15, 0.2) is 48.5 Å². The Bertz CT molecular complexity index is 1240. The first kappa shape index (κ1) is 29.8. The third-order valence-electron chi connectivity index (χ3n) is 6.54. The number of amides is 2. The second kappa shape index (κ2) is 12.4. The lowest BCUT2D eigenvalue weighted by molar-refractivity contribution is -0.139. The van der Waals surface area contributed by atoms with E-state index in [1.165, 1.54) is 4.90 Å². The average molecular weight is 574 g/mol. The van der Waals surface area contributed by atoms with E-state index in [1.54, 1.807) is 37.3 Å². The molecule has 1 saturated carbocycles. The van der Waals surface area contributed by atoms with Crippen molar-refractivity contribution in [2.75, 3.05) is 17.1 Å². The maximum absolute atomic E-state index is 13.6. The Labute approximate surface area is 226 Å². The molecule has 1 aliphatic carbocycles. The van der Waals surface area contributed by atoms with E-state index in [-0.39, 0.29) is 24.2 Å². The Morgan fingerprint density at radius 1 is 1.08 bits per heavy atom. The zero-order chi connectivity index (χ0) is 28.1. The predicted octanol–water partition coefficient (Wildman–Crippen LogP) is 4.99. The van der Waals surface area contributed by atoms with Gasteiger partial charge in [0.15, 0.2) is 0 Å². The smallest absolute Gasteiger partial charge is 0.352 e. The molecule has 1 unspecified atom stereocenters. The molecule has 0 heterocycles. The van der Waals surface area contributed by atoms with Crippen LogP contribution in [0.5, 0.6) is 0 Å². The summed E-state index contributed by atoms with van der Waals surface area (Å²) in [7, 11) is -4.19. The first-order valence-electron chi connectivity index (χ1n) is 12.3. The molecule has 0 aromatic heterocycles. The van der Waals surface area contributed by atoms with Gasteiger partial charge in [0.25, 0.3) is 0 Å². The molecule has 208 valence electrons. The Morgan fingerprint density at radius 2 is 1.71 bits per heavy atom. The molecule has 2 amide bonds. The van der Waals surface area contributed by atoms with Crippen LogP contribution in [-0.2, 0) is 32.3 Å². The number of hydrogen-bond acceptors (Lipinski definition) is 4.